The molecule has 0 spiro atoms. The van der Waals surface area contributed by atoms with Crippen LogP contribution in [0.5, 0.6) is 0 Å². The van der Waals surface area contributed by atoms with Crippen molar-refractivity contribution in [2.24, 2.45) is 5.92 Å². The minimum Gasteiger partial charge on any atom is -0.367 e. The number of amides is 2. The highest BCUT2D eigenvalue weighted by Gasteiger charge is 2.24. The van der Waals surface area contributed by atoms with Crippen LogP contribution in [-0.4, -0.2) is 47.8 Å². The minimum atomic E-state index is -0.478. The molecular weight excluding hydrogens is 420 g/mol. The predicted octanol–water partition coefficient (Wildman–Crippen LogP) is 4.11. The molecule has 1 aliphatic heterocycles. The average molecular weight is 445 g/mol. The van der Waals surface area contributed by atoms with E-state index in [1.54, 1.807) is 19.1 Å². The van der Waals surface area contributed by atoms with Crippen LogP contribution >= 0.6 is 11.6 Å². The third kappa shape index (κ3) is 5.14. The Bertz CT molecular complexity index is 1020. The van der Waals surface area contributed by atoms with Gasteiger partial charge in [0.05, 0.1) is 15.6 Å². The summed E-state index contributed by atoms with van der Waals surface area (Å²) in [5.41, 5.74) is 2.10. The van der Waals surface area contributed by atoms with Crippen molar-refractivity contribution in [3.8, 4) is 0 Å². The van der Waals surface area contributed by atoms with E-state index in [0.29, 0.717) is 48.0 Å². The van der Waals surface area contributed by atoms with Crippen molar-refractivity contribution in [1.82, 2.24) is 4.90 Å². The van der Waals surface area contributed by atoms with E-state index < -0.39 is 4.92 Å². The molecule has 0 radical (unpaired) electrons. The van der Waals surface area contributed by atoms with Crippen LogP contribution in [0.3, 0.4) is 0 Å². The van der Waals surface area contributed by atoms with Gasteiger partial charge in [0, 0.05) is 55.0 Å². The number of piperazine rings is 1. The molecule has 2 aromatic rings. The summed E-state index contributed by atoms with van der Waals surface area (Å²) in [5, 5.41) is 14.2. The maximum atomic E-state index is 12.5. The van der Waals surface area contributed by atoms with E-state index in [1.807, 2.05) is 24.8 Å². The van der Waals surface area contributed by atoms with E-state index in [1.165, 1.54) is 18.2 Å². The van der Waals surface area contributed by atoms with E-state index in [2.05, 4.69) is 10.2 Å². The maximum Gasteiger partial charge on any atom is 0.272 e. The van der Waals surface area contributed by atoms with Crippen LogP contribution in [0.2, 0.25) is 5.02 Å². The number of halogens is 1. The summed E-state index contributed by atoms with van der Waals surface area (Å²) in [5.74, 6) is -0.231. The van der Waals surface area contributed by atoms with E-state index >= 15 is 0 Å². The zero-order chi connectivity index (χ0) is 22.7. The zero-order valence-electron chi connectivity index (χ0n) is 17.7. The van der Waals surface area contributed by atoms with Crippen LogP contribution in [-0.2, 0) is 4.79 Å². The number of carbonyl (C=O) groups excluding carboxylic acids is 2. The van der Waals surface area contributed by atoms with Gasteiger partial charge in [-0.2, -0.15) is 0 Å². The molecule has 2 amide bonds. The van der Waals surface area contributed by atoms with Crippen LogP contribution in [0, 0.1) is 23.0 Å². The lowest BCUT2D eigenvalue weighted by atomic mass is 10.1. The van der Waals surface area contributed by atoms with Gasteiger partial charge < -0.3 is 15.1 Å². The van der Waals surface area contributed by atoms with Crippen molar-refractivity contribution in [3.63, 3.8) is 0 Å². The number of benzene rings is 2. The summed E-state index contributed by atoms with van der Waals surface area (Å²) in [7, 11) is 0. The van der Waals surface area contributed by atoms with Crippen LogP contribution < -0.4 is 10.2 Å². The van der Waals surface area contributed by atoms with Crippen molar-refractivity contribution >= 4 is 40.5 Å². The van der Waals surface area contributed by atoms with Gasteiger partial charge in [-0.1, -0.05) is 25.4 Å². The largest absolute Gasteiger partial charge is 0.367 e. The molecule has 0 bridgehead atoms. The fraction of sp³-hybridized carbons (Fsp3) is 0.364. The first-order valence-electron chi connectivity index (χ1n) is 10.1. The predicted molar refractivity (Wildman–Crippen MR) is 121 cm³/mol. The van der Waals surface area contributed by atoms with Crippen LogP contribution in [0.1, 0.15) is 29.8 Å². The standard InChI is InChI=1S/C22H25ClN4O4/c1-14(2)22(29)26-10-8-25(9-11-26)20-7-5-17(13-18(20)23)24-21(28)16-4-6-19(27(30)31)15(3)12-16/h4-7,12-14H,8-11H2,1-3H3,(H,24,28). The van der Waals surface area contributed by atoms with Gasteiger partial charge in [-0.25, -0.2) is 0 Å². The molecule has 2 aromatic carbocycles. The molecule has 0 saturated carbocycles. The summed E-state index contributed by atoms with van der Waals surface area (Å²) in [6.45, 7) is 8.05. The molecule has 0 aromatic heterocycles. The van der Waals surface area contributed by atoms with Crippen molar-refractivity contribution in [3.05, 3.63) is 62.7 Å². The van der Waals surface area contributed by atoms with E-state index in [9.17, 15) is 19.7 Å². The van der Waals surface area contributed by atoms with Gasteiger partial charge in [-0.05, 0) is 37.3 Å². The van der Waals surface area contributed by atoms with Crippen LogP contribution in [0.4, 0.5) is 17.1 Å². The first kappa shape index (κ1) is 22.6. The number of nitro groups is 1. The SMILES string of the molecule is Cc1cc(C(=O)Nc2ccc(N3CCN(C(=O)C(C)C)CC3)c(Cl)c2)ccc1[N+](=O)[O-]. The number of nitrogens with one attached hydrogen (secondary N) is 1. The molecule has 164 valence electrons. The maximum absolute atomic E-state index is 12.5. The Kier molecular flexibility index (Phi) is 6.80. The Morgan fingerprint density at radius 1 is 1.10 bits per heavy atom. The summed E-state index contributed by atoms with van der Waals surface area (Å²) in [4.78, 5) is 39.1. The van der Waals surface area contributed by atoms with Crippen LogP contribution in [0.25, 0.3) is 0 Å². The Labute approximate surface area is 185 Å². The molecule has 1 aliphatic rings. The molecule has 0 aliphatic carbocycles. The number of rotatable bonds is 5. The quantitative estimate of drug-likeness (QED) is 0.553. The number of carbonyl (C=O) groups is 2. The molecular formula is C22H25ClN4O4. The molecule has 1 heterocycles. The molecule has 0 atom stereocenters. The molecule has 8 nitrogen and oxygen atoms in total. The summed E-state index contributed by atoms with van der Waals surface area (Å²) >= 11 is 6.47. The number of aryl methyl sites for hydroxylation is 1. The van der Waals surface area contributed by atoms with Gasteiger partial charge in [0.2, 0.25) is 5.91 Å². The first-order chi connectivity index (χ1) is 14.7. The Hall–Kier alpha value is -3.13. The molecule has 1 N–H and O–H groups in total. The lowest BCUT2D eigenvalue weighted by Crippen LogP contribution is -2.50. The zero-order valence-corrected chi connectivity index (χ0v) is 18.5. The first-order valence-corrected chi connectivity index (χ1v) is 10.4. The smallest absolute Gasteiger partial charge is 0.272 e. The number of nitro benzene ring substituents is 1. The summed E-state index contributed by atoms with van der Waals surface area (Å²) in [6.07, 6.45) is 0. The minimum absolute atomic E-state index is 0.0161. The monoisotopic (exact) mass is 444 g/mol. The second kappa shape index (κ2) is 9.34. The van der Waals surface area contributed by atoms with Gasteiger partial charge in [0.25, 0.3) is 11.6 Å². The fourth-order valence-electron chi connectivity index (χ4n) is 3.58. The molecule has 9 heteroatoms. The highest BCUT2D eigenvalue weighted by molar-refractivity contribution is 6.33. The summed E-state index contributed by atoms with van der Waals surface area (Å²) in [6, 6.07) is 9.53. The van der Waals surface area contributed by atoms with Gasteiger partial charge in [-0.3, -0.25) is 19.7 Å². The normalized spacial score (nSPS) is 14.0. The van der Waals surface area contributed by atoms with Crippen molar-refractivity contribution in [1.29, 1.82) is 0 Å². The van der Waals surface area contributed by atoms with Gasteiger partial charge in [-0.15, -0.1) is 0 Å². The number of anilines is 2. The Morgan fingerprint density at radius 3 is 2.32 bits per heavy atom. The lowest BCUT2D eigenvalue weighted by Gasteiger charge is -2.37. The number of hydrogen-bond donors (Lipinski definition) is 1. The fourth-order valence-corrected chi connectivity index (χ4v) is 3.88. The molecule has 31 heavy (non-hydrogen) atoms. The van der Waals surface area contributed by atoms with Crippen molar-refractivity contribution in [2.45, 2.75) is 20.8 Å². The Balaban J connectivity index is 1.66. The lowest BCUT2D eigenvalue weighted by molar-refractivity contribution is -0.385. The topological polar surface area (TPSA) is 95.8 Å². The average Bonchev–Trinajstić information content (AvgIpc) is 2.73. The third-order valence-electron chi connectivity index (χ3n) is 5.29. The van der Waals surface area contributed by atoms with E-state index in [0.717, 1.165) is 5.69 Å². The Morgan fingerprint density at radius 2 is 1.77 bits per heavy atom. The summed E-state index contributed by atoms with van der Waals surface area (Å²) < 4.78 is 0. The molecule has 3 rings (SSSR count). The molecule has 0 unspecified atom stereocenters. The molecule has 1 fully saturated rings. The van der Waals surface area contributed by atoms with E-state index in [-0.39, 0.29) is 23.4 Å². The van der Waals surface area contributed by atoms with Crippen molar-refractivity contribution < 1.29 is 14.5 Å². The van der Waals surface area contributed by atoms with Gasteiger partial charge in [0.1, 0.15) is 0 Å². The van der Waals surface area contributed by atoms with Crippen LogP contribution in [0.15, 0.2) is 36.4 Å². The van der Waals surface area contributed by atoms with Gasteiger partial charge >= 0.3 is 0 Å². The molecule has 1 saturated heterocycles. The number of hydrogen-bond acceptors (Lipinski definition) is 5. The van der Waals surface area contributed by atoms with E-state index in [4.69, 9.17) is 11.6 Å². The second-order valence-corrected chi connectivity index (χ2v) is 8.25. The number of nitrogens with zero attached hydrogens (tertiary/aromatic N) is 3. The third-order valence-corrected chi connectivity index (χ3v) is 5.59. The highest BCUT2D eigenvalue weighted by Crippen LogP contribution is 2.30. The van der Waals surface area contributed by atoms with Crippen molar-refractivity contribution in [2.75, 3.05) is 36.4 Å². The second-order valence-electron chi connectivity index (χ2n) is 7.85. The highest BCUT2D eigenvalue weighted by atomic mass is 35.5. The van der Waals surface area contributed by atoms with Gasteiger partial charge in [0.15, 0.2) is 0 Å².